The van der Waals surface area contributed by atoms with Crippen LogP contribution in [0.3, 0.4) is 0 Å². The van der Waals surface area contributed by atoms with Crippen LogP contribution in [0.4, 0.5) is 5.95 Å². The molecule has 6 heteroatoms. The first-order chi connectivity index (χ1) is 10.7. The predicted molar refractivity (Wildman–Crippen MR) is 84.2 cm³/mol. The van der Waals surface area contributed by atoms with E-state index in [-0.39, 0.29) is 0 Å². The van der Waals surface area contributed by atoms with Gasteiger partial charge in [-0.1, -0.05) is 6.42 Å². The minimum atomic E-state index is 0.515. The molecule has 1 aliphatic heterocycles. The number of fused-ring (bicyclic) bond motifs is 1. The summed E-state index contributed by atoms with van der Waals surface area (Å²) < 4.78 is 5.43. The molecule has 0 N–H and O–H groups in total. The first-order valence-corrected chi connectivity index (χ1v) is 8.08. The van der Waals surface area contributed by atoms with Gasteiger partial charge in [0.25, 0.3) is 0 Å². The van der Waals surface area contributed by atoms with Crippen LogP contribution in [0.2, 0.25) is 0 Å². The summed E-state index contributed by atoms with van der Waals surface area (Å²) in [5.74, 6) is 1.30. The third-order valence-electron chi connectivity index (χ3n) is 4.74. The van der Waals surface area contributed by atoms with Gasteiger partial charge in [-0.25, -0.2) is 15.0 Å². The normalized spacial score (nSPS) is 19.5. The van der Waals surface area contributed by atoms with Gasteiger partial charge in [0.15, 0.2) is 5.65 Å². The lowest BCUT2D eigenvalue weighted by atomic mass is 9.82. The molecule has 2 aromatic heterocycles. The summed E-state index contributed by atoms with van der Waals surface area (Å²) in [5, 5.41) is 0. The van der Waals surface area contributed by atoms with Crippen molar-refractivity contribution in [2.24, 2.45) is 0 Å². The molecule has 22 heavy (non-hydrogen) atoms. The van der Waals surface area contributed by atoms with E-state index in [9.17, 15) is 0 Å². The molecular weight excluding hydrogens is 278 g/mol. The first-order valence-electron chi connectivity index (χ1n) is 8.08. The van der Waals surface area contributed by atoms with E-state index >= 15 is 0 Å². The molecule has 116 valence electrons. The first kappa shape index (κ1) is 13.8. The van der Waals surface area contributed by atoms with Crippen LogP contribution < -0.4 is 4.90 Å². The van der Waals surface area contributed by atoms with Crippen molar-refractivity contribution in [2.75, 3.05) is 31.2 Å². The minimum Gasteiger partial charge on any atom is -0.378 e. The number of morpholine rings is 1. The van der Waals surface area contributed by atoms with Crippen LogP contribution in [0.5, 0.6) is 0 Å². The maximum absolute atomic E-state index is 5.43. The van der Waals surface area contributed by atoms with Gasteiger partial charge < -0.3 is 9.64 Å². The third-order valence-corrected chi connectivity index (χ3v) is 4.74. The Labute approximate surface area is 130 Å². The van der Waals surface area contributed by atoms with Crippen molar-refractivity contribution in [3.63, 3.8) is 0 Å². The highest BCUT2D eigenvalue weighted by Crippen LogP contribution is 2.38. The Morgan fingerprint density at radius 1 is 0.955 bits per heavy atom. The van der Waals surface area contributed by atoms with E-state index in [0.717, 1.165) is 60.5 Å². The molecule has 0 aromatic carbocycles. The number of rotatable bonds is 2. The fraction of sp³-hybridized carbons (Fsp3) is 0.625. The van der Waals surface area contributed by atoms with Crippen molar-refractivity contribution in [1.29, 1.82) is 0 Å². The van der Waals surface area contributed by atoms with Crippen molar-refractivity contribution in [3.8, 4) is 0 Å². The zero-order chi connectivity index (χ0) is 15.1. The zero-order valence-corrected chi connectivity index (χ0v) is 13.2. The standard InChI is InChI=1S/C16H21N5O/c1-10-11(2)18-15-14(17-10)13(12-4-3-5-12)19-16(20-15)21-6-8-22-9-7-21/h12H,3-9H2,1-2H3. The van der Waals surface area contributed by atoms with E-state index in [1.807, 2.05) is 13.8 Å². The van der Waals surface area contributed by atoms with Gasteiger partial charge in [0, 0.05) is 19.0 Å². The average molecular weight is 299 g/mol. The van der Waals surface area contributed by atoms with Crippen LogP contribution in [0.1, 0.15) is 42.3 Å². The zero-order valence-electron chi connectivity index (χ0n) is 13.2. The van der Waals surface area contributed by atoms with Gasteiger partial charge in [-0.3, -0.25) is 0 Å². The second kappa shape index (κ2) is 5.43. The summed E-state index contributed by atoms with van der Waals surface area (Å²) >= 11 is 0. The van der Waals surface area contributed by atoms with Crippen LogP contribution in [0, 0.1) is 13.8 Å². The topological polar surface area (TPSA) is 64.0 Å². The smallest absolute Gasteiger partial charge is 0.227 e. The lowest BCUT2D eigenvalue weighted by Crippen LogP contribution is -2.37. The molecule has 0 bridgehead atoms. The van der Waals surface area contributed by atoms with Crippen molar-refractivity contribution in [1.82, 2.24) is 19.9 Å². The molecule has 0 radical (unpaired) electrons. The van der Waals surface area contributed by atoms with Crippen LogP contribution in [0.15, 0.2) is 0 Å². The van der Waals surface area contributed by atoms with Gasteiger partial charge >= 0.3 is 0 Å². The van der Waals surface area contributed by atoms with Crippen molar-refractivity contribution in [2.45, 2.75) is 39.0 Å². The highest BCUT2D eigenvalue weighted by molar-refractivity contribution is 5.75. The highest BCUT2D eigenvalue weighted by atomic mass is 16.5. The number of aromatic nitrogens is 4. The molecule has 2 fully saturated rings. The van der Waals surface area contributed by atoms with Gasteiger partial charge in [0.2, 0.25) is 5.95 Å². The van der Waals surface area contributed by atoms with Crippen molar-refractivity contribution < 1.29 is 4.74 Å². The fourth-order valence-electron chi connectivity index (χ4n) is 2.99. The Morgan fingerprint density at radius 3 is 2.36 bits per heavy atom. The van der Waals surface area contributed by atoms with E-state index < -0.39 is 0 Å². The second-order valence-electron chi connectivity index (χ2n) is 6.20. The molecule has 3 heterocycles. The van der Waals surface area contributed by atoms with Crippen LogP contribution in [-0.2, 0) is 4.74 Å². The van der Waals surface area contributed by atoms with Gasteiger partial charge in [0.05, 0.1) is 30.3 Å². The average Bonchev–Trinajstić information content (AvgIpc) is 2.48. The Hall–Kier alpha value is -1.82. The Balaban J connectivity index is 1.85. The highest BCUT2D eigenvalue weighted by Gasteiger charge is 2.27. The molecule has 1 saturated heterocycles. The molecule has 0 amide bonds. The summed E-state index contributed by atoms with van der Waals surface area (Å²) in [4.78, 5) is 21.2. The Kier molecular flexibility index (Phi) is 3.41. The molecule has 2 aromatic rings. The van der Waals surface area contributed by atoms with Crippen LogP contribution >= 0.6 is 0 Å². The monoisotopic (exact) mass is 299 g/mol. The van der Waals surface area contributed by atoms with E-state index in [1.165, 1.54) is 19.3 Å². The van der Waals surface area contributed by atoms with Gasteiger partial charge in [0.1, 0.15) is 5.52 Å². The quantitative estimate of drug-likeness (QED) is 0.846. The lowest BCUT2D eigenvalue weighted by molar-refractivity contribution is 0.122. The molecule has 4 rings (SSSR count). The van der Waals surface area contributed by atoms with Gasteiger partial charge in [-0.15, -0.1) is 0 Å². The molecule has 0 spiro atoms. The van der Waals surface area contributed by atoms with E-state index in [2.05, 4.69) is 14.9 Å². The van der Waals surface area contributed by atoms with E-state index in [0.29, 0.717) is 5.92 Å². The molecule has 0 atom stereocenters. The molecule has 0 unspecified atom stereocenters. The lowest BCUT2D eigenvalue weighted by Gasteiger charge is -2.29. The second-order valence-corrected chi connectivity index (χ2v) is 6.20. The summed E-state index contributed by atoms with van der Waals surface area (Å²) in [6, 6.07) is 0. The largest absolute Gasteiger partial charge is 0.378 e. The predicted octanol–water partition coefficient (Wildman–Crippen LogP) is 2.14. The number of aryl methyl sites for hydroxylation is 2. The van der Waals surface area contributed by atoms with Gasteiger partial charge in [-0.05, 0) is 26.7 Å². The molecule has 6 nitrogen and oxygen atoms in total. The summed E-state index contributed by atoms with van der Waals surface area (Å²) in [6.45, 7) is 7.14. The number of hydrogen-bond donors (Lipinski definition) is 0. The maximum atomic E-state index is 5.43. The molecular formula is C16H21N5O. The minimum absolute atomic E-state index is 0.515. The van der Waals surface area contributed by atoms with Crippen LogP contribution in [-0.4, -0.2) is 46.2 Å². The molecule has 1 aliphatic carbocycles. The third kappa shape index (κ3) is 2.31. The summed E-state index contributed by atoms with van der Waals surface area (Å²) in [5.41, 5.74) is 4.63. The Morgan fingerprint density at radius 2 is 1.68 bits per heavy atom. The number of hydrogen-bond acceptors (Lipinski definition) is 6. The van der Waals surface area contributed by atoms with Crippen molar-refractivity contribution in [3.05, 3.63) is 17.1 Å². The Bertz CT molecular complexity index is 707. The summed E-state index contributed by atoms with van der Waals surface area (Å²) in [6.07, 6.45) is 3.67. The number of nitrogens with zero attached hydrogens (tertiary/aromatic N) is 5. The maximum Gasteiger partial charge on any atom is 0.227 e. The fourth-order valence-corrected chi connectivity index (χ4v) is 2.99. The number of ether oxygens (including phenoxy) is 1. The van der Waals surface area contributed by atoms with E-state index in [4.69, 9.17) is 14.7 Å². The van der Waals surface area contributed by atoms with Crippen molar-refractivity contribution >= 4 is 17.1 Å². The molecule has 2 aliphatic rings. The van der Waals surface area contributed by atoms with Gasteiger partial charge in [-0.2, -0.15) is 4.98 Å². The summed E-state index contributed by atoms with van der Waals surface area (Å²) in [7, 11) is 0. The number of anilines is 1. The van der Waals surface area contributed by atoms with E-state index in [1.54, 1.807) is 0 Å². The van der Waals surface area contributed by atoms with Crippen LogP contribution in [0.25, 0.3) is 11.2 Å². The molecule has 1 saturated carbocycles. The SMILES string of the molecule is Cc1nc2nc(N3CCOCC3)nc(C3CCC3)c2nc1C.